The van der Waals surface area contributed by atoms with E-state index in [-0.39, 0.29) is 11.8 Å². The van der Waals surface area contributed by atoms with Crippen molar-refractivity contribution in [2.24, 2.45) is 7.05 Å². The third-order valence-corrected chi connectivity index (χ3v) is 2.63. The van der Waals surface area contributed by atoms with Crippen molar-refractivity contribution in [1.29, 1.82) is 0 Å². The summed E-state index contributed by atoms with van der Waals surface area (Å²) in [6.45, 7) is 3.92. The van der Waals surface area contributed by atoms with Crippen LogP contribution in [0.3, 0.4) is 0 Å². The molecule has 0 aliphatic rings. The van der Waals surface area contributed by atoms with Crippen LogP contribution in [0.25, 0.3) is 0 Å². The zero-order chi connectivity index (χ0) is 13.3. The van der Waals surface area contributed by atoms with Gasteiger partial charge in [-0.25, -0.2) is 0 Å². The largest absolute Gasteiger partial charge is 0.493 e. The summed E-state index contributed by atoms with van der Waals surface area (Å²) in [5.74, 6) is 0.290. The van der Waals surface area contributed by atoms with Crippen molar-refractivity contribution < 1.29 is 9.53 Å². The number of carbonyl (C=O) groups is 1. The number of methoxy groups -OCH3 is 1. The highest BCUT2D eigenvalue weighted by molar-refractivity contribution is 6.08. The molecule has 0 spiro atoms. The number of ketones is 1. The van der Waals surface area contributed by atoms with Gasteiger partial charge in [0.05, 0.1) is 13.3 Å². The normalized spacial score (nSPS) is 10.9. The average molecular weight is 248 g/mol. The van der Waals surface area contributed by atoms with Crippen LogP contribution < -0.4 is 4.74 Å². The maximum absolute atomic E-state index is 12.4. The van der Waals surface area contributed by atoms with Crippen LogP contribution >= 0.6 is 0 Å². The Kier molecular flexibility index (Phi) is 3.18. The number of hydrogen-bond acceptors (Lipinski definition) is 4. The molecule has 0 saturated carbocycles. The minimum absolute atomic E-state index is 0.0802. The van der Waals surface area contributed by atoms with Crippen molar-refractivity contribution in [1.82, 2.24) is 19.6 Å². The number of ether oxygens (including phenoxy) is 1. The minimum atomic E-state index is -0.182. The summed E-state index contributed by atoms with van der Waals surface area (Å²) in [4.78, 5) is 12.4. The first-order valence-electron chi connectivity index (χ1n) is 5.70. The first-order chi connectivity index (χ1) is 8.54. The molecule has 0 bridgehead atoms. The molecule has 0 atom stereocenters. The van der Waals surface area contributed by atoms with Crippen molar-refractivity contribution in [3.05, 3.63) is 29.8 Å². The van der Waals surface area contributed by atoms with E-state index >= 15 is 0 Å². The van der Waals surface area contributed by atoms with Crippen LogP contribution in [0.15, 0.2) is 18.5 Å². The van der Waals surface area contributed by atoms with Crippen LogP contribution in [0, 0.1) is 0 Å². The van der Waals surface area contributed by atoms with Gasteiger partial charge in [-0.1, -0.05) is 0 Å². The second kappa shape index (κ2) is 4.64. The zero-order valence-electron chi connectivity index (χ0n) is 10.9. The van der Waals surface area contributed by atoms with Gasteiger partial charge in [0.15, 0.2) is 11.4 Å². The molecule has 2 heterocycles. The molecule has 0 aromatic carbocycles. The summed E-state index contributed by atoms with van der Waals surface area (Å²) in [5.41, 5.74) is 0.824. The summed E-state index contributed by atoms with van der Waals surface area (Å²) in [5, 5.41) is 8.29. The first kappa shape index (κ1) is 12.3. The number of aromatic nitrogens is 4. The van der Waals surface area contributed by atoms with Crippen LogP contribution in [0.4, 0.5) is 0 Å². The summed E-state index contributed by atoms with van der Waals surface area (Å²) in [6.07, 6.45) is 3.28. The number of hydrogen-bond donors (Lipinski definition) is 0. The summed E-state index contributed by atoms with van der Waals surface area (Å²) in [6, 6.07) is 1.76. The van der Waals surface area contributed by atoms with Crippen molar-refractivity contribution in [2.45, 2.75) is 19.9 Å². The van der Waals surface area contributed by atoms with E-state index < -0.39 is 0 Å². The number of nitrogens with zero attached hydrogens (tertiary/aromatic N) is 4. The Balaban J connectivity index is 2.49. The fourth-order valence-electron chi connectivity index (χ4n) is 1.76. The Morgan fingerprint density at radius 3 is 2.67 bits per heavy atom. The number of aryl methyl sites for hydroxylation is 1. The van der Waals surface area contributed by atoms with Gasteiger partial charge in [0.1, 0.15) is 5.69 Å². The monoisotopic (exact) mass is 248 g/mol. The molecule has 0 fully saturated rings. The second-order valence-electron chi connectivity index (χ2n) is 4.30. The van der Waals surface area contributed by atoms with E-state index in [9.17, 15) is 4.79 Å². The molecular weight excluding hydrogens is 232 g/mol. The Morgan fingerprint density at radius 1 is 1.44 bits per heavy atom. The Morgan fingerprint density at radius 2 is 2.17 bits per heavy atom. The molecule has 0 N–H and O–H groups in total. The van der Waals surface area contributed by atoms with Gasteiger partial charge in [-0.2, -0.15) is 10.2 Å². The van der Waals surface area contributed by atoms with Crippen LogP contribution in [0.2, 0.25) is 0 Å². The molecule has 2 aromatic rings. The standard InChI is InChI=1S/C12H16N4O2/c1-8(2)16-11(10(18-4)7-13-16)12(17)9-5-6-15(3)14-9/h5-8H,1-4H3. The van der Waals surface area contributed by atoms with E-state index in [0.717, 1.165) is 0 Å². The van der Waals surface area contributed by atoms with Crippen LogP contribution in [0.1, 0.15) is 36.1 Å². The van der Waals surface area contributed by atoms with E-state index in [0.29, 0.717) is 17.1 Å². The first-order valence-corrected chi connectivity index (χ1v) is 5.70. The predicted molar refractivity (Wildman–Crippen MR) is 65.8 cm³/mol. The average Bonchev–Trinajstić information content (AvgIpc) is 2.93. The molecular formula is C12H16N4O2. The Bertz CT molecular complexity index is 568. The Labute approximate surface area is 105 Å². The lowest BCUT2D eigenvalue weighted by molar-refractivity contribution is 0.101. The third kappa shape index (κ3) is 2.01. The molecule has 6 nitrogen and oxygen atoms in total. The van der Waals surface area contributed by atoms with E-state index in [1.54, 1.807) is 34.9 Å². The van der Waals surface area contributed by atoms with E-state index in [1.165, 1.54) is 7.11 Å². The van der Waals surface area contributed by atoms with Crippen LogP contribution in [0.5, 0.6) is 5.75 Å². The maximum Gasteiger partial charge on any atom is 0.235 e. The van der Waals surface area contributed by atoms with E-state index in [1.807, 2.05) is 13.8 Å². The molecule has 0 aliphatic carbocycles. The van der Waals surface area contributed by atoms with Gasteiger partial charge in [0.25, 0.3) is 0 Å². The predicted octanol–water partition coefficient (Wildman–Crippen LogP) is 1.44. The lowest BCUT2D eigenvalue weighted by Crippen LogP contribution is -2.15. The molecule has 96 valence electrons. The smallest absolute Gasteiger partial charge is 0.235 e. The molecule has 2 rings (SSSR count). The fourth-order valence-corrected chi connectivity index (χ4v) is 1.76. The van der Waals surface area contributed by atoms with Crippen LogP contribution in [-0.4, -0.2) is 32.5 Å². The quantitative estimate of drug-likeness (QED) is 0.768. The number of carbonyl (C=O) groups excluding carboxylic acids is 1. The highest BCUT2D eigenvalue weighted by Gasteiger charge is 2.23. The van der Waals surface area contributed by atoms with Crippen LogP contribution in [-0.2, 0) is 7.05 Å². The maximum atomic E-state index is 12.4. The van der Waals surface area contributed by atoms with E-state index in [2.05, 4.69) is 10.2 Å². The molecule has 0 unspecified atom stereocenters. The zero-order valence-corrected chi connectivity index (χ0v) is 10.9. The highest BCUT2D eigenvalue weighted by Crippen LogP contribution is 2.23. The van der Waals surface area contributed by atoms with Gasteiger partial charge < -0.3 is 4.74 Å². The molecule has 18 heavy (non-hydrogen) atoms. The molecule has 0 aliphatic heterocycles. The SMILES string of the molecule is COc1cnn(C(C)C)c1C(=O)c1ccn(C)n1. The molecule has 6 heteroatoms. The highest BCUT2D eigenvalue weighted by atomic mass is 16.5. The van der Waals surface area contributed by atoms with Gasteiger partial charge in [0, 0.05) is 19.3 Å². The number of rotatable bonds is 4. The minimum Gasteiger partial charge on any atom is -0.493 e. The Hall–Kier alpha value is -2.11. The van der Waals surface area contributed by atoms with Gasteiger partial charge >= 0.3 is 0 Å². The molecule has 2 aromatic heterocycles. The third-order valence-electron chi connectivity index (χ3n) is 2.63. The lowest BCUT2D eigenvalue weighted by atomic mass is 10.2. The molecule has 0 saturated heterocycles. The summed E-state index contributed by atoms with van der Waals surface area (Å²) in [7, 11) is 3.30. The topological polar surface area (TPSA) is 61.9 Å². The second-order valence-corrected chi connectivity index (χ2v) is 4.30. The van der Waals surface area contributed by atoms with Crippen molar-refractivity contribution >= 4 is 5.78 Å². The van der Waals surface area contributed by atoms with Gasteiger partial charge in [-0.05, 0) is 19.9 Å². The van der Waals surface area contributed by atoms with Gasteiger partial charge in [0.2, 0.25) is 5.78 Å². The van der Waals surface area contributed by atoms with Gasteiger partial charge in [-0.15, -0.1) is 0 Å². The van der Waals surface area contributed by atoms with Crippen molar-refractivity contribution in [3.63, 3.8) is 0 Å². The van der Waals surface area contributed by atoms with Crippen molar-refractivity contribution in [3.8, 4) is 5.75 Å². The molecule has 0 amide bonds. The van der Waals surface area contributed by atoms with E-state index in [4.69, 9.17) is 4.74 Å². The lowest BCUT2D eigenvalue weighted by Gasteiger charge is -2.10. The summed E-state index contributed by atoms with van der Waals surface area (Å²) < 4.78 is 8.43. The fraction of sp³-hybridized carbons (Fsp3) is 0.417. The van der Waals surface area contributed by atoms with Gasteiger partial charge in [-0.3, -0.25) is 14.2 Å². The summed E-state index contributed by atoms with van der Waals surface area (Å²) >= 11 is 0. The molecule has 0 radical (unpaired) electrons. The van der Waals surface area contributed by atoms with Crippen molar-refractivity contribution in [2.75, 3.05) is 7.11 Å².